The van der Waals surface area contributed by atoms with Gasteiger partial charge in [0.15, 0.2) is 12.4 Å². The number of hydrogen-bond donors (Lipinski definition) is 0. The highest BCUT2D eigenvalue weighted by atomic mass is 35.5. The summed E-state index contributed by atoms with van der Waals surface area (Å²) in [7, 11) is 0. The highest BCUT2D eigenvalue weighted by Gasteiger charge is 2.23. The van der Waals surface area contributed by atoms with Crippen LogP contribution in [-0.2, 0) is 0 Å². The average Bonchev–Trinajstić information content (AvgIpc) is 2.38. The van der Waals surface area contributed by atoms with E-state index in [9.17, 15) is 4.79 Å². The van der Waals surface area contributed by atoms with Crippen LogP contribution >= 0.6 is 11.6 Å². The monoisotopic (exact) mass is 260 g/mol. The van der Waals surface area contributed by atoms with Gasteiger partial charge in [-0.2, -0.15) is 4.57 Å². The quantitative estimate of drug-likeness (QED) is 0.612. The molecule has 0 fully saturated rings. The standard InChI is InChI=1S/C15H15ClNO/c1-11-4-3-9-17(10-11)12(2)15(18)13-5-7-14(16)8-6-13/h3-10,12H,1-2H3/q+1/t12-/m1/s1. The van der Waals surface area contributed by atoms with Gasteiger partial charge in [0.25, 0.3) is 0 Å². The fraction of sp³-hybridized carbons (Fsp3) is 0.200. The molecular weight excluding hydrogens is 246 g/mol. The van der Waals surface area contributed by atoms with Crippen molar-refractivity contribution < 1.29 is 9.36 Å². The number of carbonyl (C=O) groups excluding carboxylic acids is 1. The Kier molecular flexibility index (Phi) is 3.78. The van der Waals surface area contributed by atoms with Gasteiger partial charge in [0.2, 0.25) is 11.8 Å². The number of aryl methyl sites for hydroxylation is 1. The zero-order valence-corrected chi connectivity index (χ0v) is 11.2. The van der Waals surface area contributed by atoms with Gasteiger partial charge < -0.3 is 0 Å². The van der Waals surface area contributed by atoms with Gasteiger partial charge in [-0.3, -0.25) is 4.79 Å². The molecule has 0 bridgehead atoms. The maximum atomic E-state index is 12.3. The van der Waals surface area contributed by atoms with Gasteiger partial charge >= 0.3 is 0 Å². The summed E-state index contributed by atoms with van der Waals surface area (Å²) in [5.74, 6) is 0.0854. The molecule has 0 aliphatic rings. The summed E-state index contributed by atoms with van der Waals surface area (Å²) < 4.78 is 1.92. The molecule has 0 saturated carbocycles. The predicted octanol–water partition coefficient (Wildman–Crippen LogP) is 3.38. The number of hydrogen-bond acceptors (Lipinski definition) is 1. The van der Waals surface area contributed by atoms with Crippen LogP contribution in [-0.4, -0.2) is 5.78 Å². The number of pyridine rings is 1. The normalized spacial score (nSPS) is 12.2. The molecular formula is C15H15ClNO+. The number of aromatic nitrogens is 1. The molecule has 2 aromatic rings. The smallest absolute Gasteiger partial charge is 0.230 e. The Morgan fingerprint density at radius 2 is 1.89 bits per heavy atom. The molecule has 18 heavy (non-hydrogen) atoms. The number of halogens is 1. The van der Waals surface area contributed by atoms with Crippen molar-refractivity contribution in [1.29, 1.82) is 0 Å². The topological polar surface area (TPSA) is 20.9 Å². The molecule has 1 heterocycles. The number of carbonyl (C=O) groups is 1. The SMILES string of the molecule is Cc1ccc[n+]([C@H](C)C(=O)c2ccc(Cl)cc2)c1. The van der Waals surface area contributed by atoms with Gasteiger partial charge in [-0.1, -0.05) is 11.6 Å². The summed E-state index contributed by atoms with van der Waals surface area (Å²) in [4.78, 5) is 12.3. The largest absolute Gasteiger partial charge is 0.287 e. The second-order valence-electron chi connectivity index (χ2n) is 4.38. The fourth-order valence-electron chi connectivity index (χ4n) is 1.85. The Bertz CT molecular complexity index is 563. The van der Waals surface area contributed by atoms with Crippen LogP contribution in [0.2, 0.25) is 5.02 Å². The van der Waals surface area contributed by atoms with Crippen LogP contribution in [0.3, 0.4) is 0 Å². The number of rotatable bonds is 3. The van der Waals surface area contributed by atoms with E-state index in [4.69, 9.17) is 11.6 Å². The maximum absolute atomic E-state index is 12.3. The summed E-state index contributed by atoms with van der Waals surface area (Å²) in [6, 6.07) is 10.7. The molecule has 1 atom stereocenters. The molecule has 0 aliphatic carbocycles. The minimum atomic E-state index is -0.217. The Morgan fingerprint density at radius 1 is 1.22 bits per heavy atom. The third-order valence-electron chi connectivity index (χ3n) is 2.93. The molecule has 2 rings (SSSR count). The number of benzene rings is 1. The molecule has 3 heteroatoms. The van der Waals surface area contributed by atoms with Crippen LogP contribution in [0.25, 0.3) is 0 Å². The van der Waals surface area contributed by atoms with Crippen LogP contribution in [0.15, 0.2) is 48.8 Å². The number of Topliss-reactive ketones (excluding diaryl/α,β-unsaturated/α-hetero) is 1. The Labute approximate surface area is 112 Å². The maximum Gasteiger partial charge on any atom is 0.230 e. The van der Waals surface area contributed by atoms with E-state index < -0.39 is 0 Å². The van der Waals surface area contributed by atoms with Crippen molar-refractivity contribution >= 4 is 17.4 Å². The molecule has 2 nitrogen and oxygen atoms in total. The van der Waals surface area contributed by atoms with Crippen molar-refractivity contribution in [2.45, 2.75) is 19.9 Å². The minimum absolute atomic E-state index is 0.0854. The summed E-state index contributed by atoms with van der Waals surface area (Å²) in [6.45, 7) is 3.91. The van der Waals surface area contributed by atoms with E-state index in [0.717, 1.165) is 5.56 Å². The second kappa shape index (κ2) is 5.32. The molecule has 0 N–H and O–H groups in total. The van der Waals surface area contributed by atoms with Gasteiger partial charge in [0, 0.05) is 29.1 Å². The number of ketones is 1. The van der Waals surface area contributed by atoms with Crippen molar-refractivity contribution in [3.8, 4) is 0 Å². The van der Waals surface area contributed by atoms with Crippen LogP contribution in [0.1, 0.15) is 28.9 Å². The molecule has 0 aliphatic heterocycles. The van der Waals surface area contributed by atoms with E-state index in [-0.39, 0.29) is 11.8 Å². The van der Waals surface area contributed by atoms with Gasteiger partial charge in [0.1, 0.15) is 0 Å². The summed E-state index contributed by atoms with van der Waals surface area (Å²) >= 11 is 5.82. The lowest BCUT2D eigenvalue weighted by molar-refractivity contribution is -0.705. The van der Waals surface area contributed by atoms with Gasteiger partial charge in [-0.25, -0.2) is 0 Å². The lowest BCUT2D eigenvalue weighted by Crippen LogP contribution is -2.41. The van der Waals surface area contributed by atoms with Gasteiger partial charge in [-0.15, -0.1) is 0 Å². The molecule has 0 amide bonds. The predicted molar refractivity (Wildman–Crippen MR) is 71.9 cm³/mol. The lowest BCUT2D eigenvalue weighted by Gasteiger charge is -2.06. The van der Waals surface area contributed by atoms with E-state index in [1.807, 2.05) is 42.9 Å². The van der Waals surface area contributed by atoms with Gasteiger partial charge in [-0.05, 0) is 37.3 Å². The van der Waals surface area contributed by atoms with E-state index in [1.165, 1.54) is 0 Å². The first kappa shape index (κ1) is 12.8. The molecule has 0 spiro atoms. The number of nitrogens with zero attached hydrogens (tertiary/aromatic N) is 1. The third kappa shape index (κ3) is 2.77. The molecule has 0 radical (unpaired) electrons. The molecule has 1 aromatic heterocycles. The molecule has 1 aromatic carbocycles. The van der Waals surface area contributed by atoms with E-state index in [0.29, 0.717) is 10.6 Å². The highest BCUT2D eigenvalue weighted by molar-refractivity contribution is 6.30. The van der Waals surface area contributed by atoms with Gasteiger partial charge in [0.05, 0.1) is 0 Å². The van der Waals surface area contributed by atoms with E-state index in [2.05, 4.69) is 0 Å². The van der Waals surface area contributed by atoms with Crippen molar-refractivity contribution in [2.75, 3.05) is 0 Å². The van der Waals surface area contributed by atoms with E-state index in [1.54, 1.807) is 24.3 Å². The Balaban J connectivity index is 2.26. The van der Waals surface area contributed by atoms with Crippen molar-refractivity contribution in [3.05, 3.63) is 64.9 Å². The first-order valence-electron chi connectivity index (χ1n) is 5.85. The second-order valence-corrected chi connectivity index (χ2v) is 4.81. The highest BCUT2D eigenvalue weighted by Crippen LogP contribution is 2.13. The first-order chi connectivity index (χ1) is 8.58. The van der Waals surface area contributed by atoms with Crippen LogP contribution in [0, 0.1) is 6.92 Å². The fourth-order valence-corrected chi connectivity index (χ4v) is 1.97. The van der Waals surface area contributed by atoms with Crippen molar-refractivity contribution in [1.82, 2.24) is 0 Å². The first-order valence-corrected chi connectivity index (χ1v) is 6.23. The van der Waals surface area contributed by atoms with Crippen LogP contribution in [0.5, 0.6) is 0 Å². The third-order valence-corrected chi connectivity index (χ3v) is 3.18. The summed E-state index contributed by atoms with van der Waals surface area (Å²) in [5, 5.41) is 0.641. The molecule has 0 saturated heterocycles. The summed E-state index contributed by atoms with van der Waals surface area (Å²) in [6.07, 6.45) is 3.88. The minimum Gasteiger partial charge on any atom is -0.287 e. The summed E-state index contributed by atoms with van der Waals surface area (Å²) in [5.41, 5.74) is 1.81. The molecule has 92 valence electrons. The zero-order chi connectivity index (χ0) is 13.1. The van der Waals surface area contributed by atoms with Crippen LogP contribution in [0.4, 0.5) is 0 Å². The van der Waals surface area contributed by atoms with E-state index >= 15 is 0 Å². The van der Waals surface area contributed by atoms with Crippen LogP contribution < -0.4 is 4.57 Å². The molecule has 0 unspecified atom stereocenters. The Morgan fingerprint density at radius 3 is 2.50 bits per heavy atom. The zero-order valence-electron chi connectivity index (χ0n) is 10.4. The average molecular weight is 261 g/mol. The Hall–Kier alpha value is -1.67. The van der Waals surface area contributed by atoms with Crippen molar-refractivity contribution in [3.63, 3.8) is 0 Å². The lowest BCUT2D eigenvalue weighted by atomic mass is 10.1. The van der Waals surface area contributed by atoms with Crippen molar-refractivity contribution in [2.24, 2.45) is 0 Å².